The second kappa shape index (κ2) is 6.65. The standard InChI is InChI=1S/C16H18N2O3/c1-3-18-16(19)12-9-8-11(17)10-15(12)21-14-7-5-4-6-13(14)20-2/h4-10H,3,17H2,1-2H3,(H,18,19). The molecular formula is C16H18N2O3. The number of para-hydroxylation sites is 2. The van der Waals surface area contributed by atoms with Gasteiger partial charge in [0.15, 0.2) is 11.5 Å². The zero-order chi connectivity index (χ0) is 15.2. The monoisotopic (exact) mass is 286 g/mol. The molecule has 2 rings (SSSR count). The van der Waals surface area contributed by atoms with Gasteiger partial charge in [0.2, 0.25) is 0 Å². The zero-order valence-electron chi connectivity index (χ0n) is 12.1. The Bertz CT molecular complexity index is 641. The third kappa shape index (κ3) is 3.45. The molecule has 5 nitrogen and oxygen atoms in total. The number of amides is 1. The molecule has 0 aromatic heterocycles. The van der Waals surface area contributed by atoms with Crippen LogP contribution in [0.5, 0.6) is 17.2 Å². The van der Waals surface area contributed by atoms with Crippen molar-refractivity contribution in [2.75, 3.05) is 19.4 Å². The number of rotatable bonds is 5. The Balaban J connectivity index is 2.38. The molecule has 0 spiro atoms. The Morgan fingerprint density at radius 3 is 2.52 bits per heavy atom. The summed E-state index contributed by atoms with van der Waals surface area (Å²) in [6, 6.07) is 12.2. The highest BCUT2D eigenvalue weighted by atomic mass is 16.5. The molecule has 0 atom stereocenters. The molecule has 1 amide bonds. The molecule has 0 unspecified atom stereocenters. The second-order valence-corrected chi connectivity index (χ2v) is 4.37. The number of benzene rings is 2. The van der Waals surface area contributed by atoms with Crippen LogP contribution < -0.4 is 20.5 Å². The summed E-state index contributed by atoms with van der Waals surface area (Å²) in [5.41, 5.74) is 6.73. The Morgan fingerprint density at radius 1 is 1.14 bits per heavy atom. The van der Waals surface area contributed by atoms with Crippen molar-refractivity contribution >= 4 is 11.6 Å². The van der Waals surface area contributed by atoms with Gasteiger partial charge in [-0.05, 0) is 31.2 Å². The third-order valence-corrected chi connectivity index (χ3v) is 2.88. The van der Waals surface area contributed by atoms with E-state index in [0.717, 1.165) is 0 Å². The van der Waals surface area contributed by atoms with Gasteiger partial charge in [-0.3, -0.25) is 4.79 Å². The van der Waals surface area contributed by atoms with E-state index in [0.29, 0.717) is 35.0 Å². The number of hydrogen-bond donors (Lipinski definition) is 2. The highest BCUT2D eigenvalue weighted by Gasteiger charge is 2.14. The molecule has 5 heteroatoms. The average molecular weight is 286 g/mol. The first-order valence-electron chi connectivity index (χ1n) is 6.64. The van der Waals surface area contributed by atoms with Gasteiger partial charge in [-0.25, -0.2) is 0 Å². The molecule has 0 radical (unpaired) electrons. The maximum Gasteiger partial charge on any atom is 0.255 e. The highest BCUT2D eigenvalue weighted by molar-refractivity contribution is 5.97. The summed E-state index contributed by atoms with van der Waals surface area (Å²) in [6.07, 6.45) is 0. The quantitative estimate of drug-likeness (QED) is 0.829. The molecule has 0 aliphatic carbocycles. The first-order valence-corrected chi connectivity index (χ1v) is 6.64. The molecule has 3 N–H and O–H groups in total. The van der Waals surface area contributed by atoms with E-state index in [4.69, 9.17) is 15.2 Å². The maximum atomic E-state index is 12.1. The van der Waals surface area contributed by atoms with Gasteiger partial charge in [-0.2, -0.15) is 0 Å². The van der Waals surface area contributed by atoms with Crippen molar-refractivity contribution in [3.8, 4) is 17.2 Å². The Kier molecular flexibility index (Phi) is 4.66. The normalized spacial score (nSPS) is 10.0. The molecule has 0 saturated heterocycles. The lowest BCUT2D eigenvalue weighted by Crippen LogP contribution is -2.23. The molecule has 0 aliphatic rings. The highest BCUT2D eigenvalue weighted by Crippen LogP contribution is 2.33. The lowest BCUT2D eigenvalue weighted by molar-refractivity contribution is 0.0953. The molecule has 0 heterocycles. The van der Waals surface area contributed by atoms with E-state index in [1.807, 2.05) is 19.1 Å². The number of ether oxygens (including phenoxy) is 2. The summed E-state index contributed by atoms with van der Waals surface area (Å²) in [5, 5.41) is 2.75. The Morgan fingerprint density at radius 2 is 1.86 bits per heavy atom. The van der Waals surface area contributed by atoms with Crippen molar-refractivity contribution in [3.05, 3.63) is 48.0 Å². The molecule has 2 aromatic carbocycles. The summed E-state index contributed by atoms with van der Waals surface area (Å²) in [5.74, 6) is 1.30. The molecular weight excluding hydrogens is 268 g/mol. The van der Waals surface area contributed by atoms with E-state index in [-0.39, 0.29) is 5.91 Å². The van der Waals surface area contributed by atoms with Crippen LogP contribution in [0.1, 0.15) is 17.3 Å². The fourth-order valence-electron chi connectivity index (χ4n) is 1.89. The topological polar surface area (TPSA) is 73.6 Å². The van der Waals surface area contributed by atoms with Gasteiger partial charge < -0.3 is 20.5 Å². The van der Waals surface area contributed by atoms with E-state index in [9.17, 15) is 4.79 Å². The van der Waals surface area contributed by atoms with Crippen molar-refractivity contribution in [2.24, 2.45) is 0 Å². The first kappa shape index (κ1) is 14.7. The average Bonchev–Trinajstić information content (AvgIpc) is 2.48. The smallest absolute Gasteiger partial charge is 0.255 e. The van der Waals surface area contributed by atoms with Crippen LogP contribution in [0.4, 0.5) is 5.69 Å². The summed E-state index contributed by atoms with van der Waals surface area (Å²) >= 11 is 0. The van der Waals surface area contributed by atoms with E-state index >= 15 is 0 Å². The number of carbonyl (C=O) groups is 1. The minimum Gasteiger partial charge on any atom is -0.493 e. The largest absolute Gasteiger partial charge is 0.493 e. The second-order valence-electron chi connectivity index (χ2n) is 4.37. The molecule has 0 fully saturated rings. The summed E-state index contributed by atoms with van der Waals surface area (Å²) < 4.78 is 11.1. The van der Waals surface area contributed by atoms with Crippen molar-refractivity contribution in [1.82, 2.24) is 5.32 Å². The van der Waals surface area contributed by atoms with E-state index in [1.54, 1.807) is 37.4 Å². The fourth-order valence-corrected chi connectivity index (χ4v) is 1.89. The van der Waals surface area contributed by atoms with Crippen LogP contribution in [0.3, 0.4) is 0 Å². The lowest BCUT2D eigenvalue weighted by Gasteiger charge is -2.13. The molecule has 21 heavy (non-hydrogen) atoms. The zero-order valence-corrected chi connectivity index (χ0v) is 12.1. The van der Waals surface area contributed by atoms with Crippen LogP contribution in [-0.4, -0.2) is 19.6 Å². The van der Waals surface area contributed by atoms with Crippen LogP contribution in [0, 0.1) is 0 Å². The predicted octanol–water partition coefficient (Wildman–Crippen LogP) is 2.82. The summed E-state index contributed by atoms with van der Waals surface area (Å²) in [7, 11) is 1.56. The molecule has 0 saturated carbocycles. The van der Waals surface area contributed by atoms with Crippen LogP contribution in [0.15, 0.2) is 42.5 Å². The number of nitrogens with one attached hydrogen (secondary N) is 1. The molecule has 2 aromatic rings. The SMILES string of the molecule is CCNC(=O)c1ccc(N)cc1Oc1ccccc1OC. The van der Waals surface area contributed by atoms with Crippen LogP contribution in [0.2, 0.25) is 0 Å². The molecule has 0 bridgehead atoms. The maximum absolute atomic E-state index is 12.1. The first-order chi connectivity index (χ1) is 10.2. The summed E-state index contributed by atoms with van der Waals surface area (Å²) in [6.45, 7) is 2.40. The van der Waals surface area contributed by atoms with E-state index in [1.165, 1.54) is 0 Å². The van der Waals surface area contributed by atoms with Crippen LogP contribution in [-0.2, 0) is 0 Å². The minimum absolute atomic E-state index is 0.206. The number of nitrogens with two attached hydrogens (primary N) is 1. The number of anilines is 1. The van der Waals surface area contributed by atoms with Gasteiger partial charge in [0, 0.05) is 18.3 Å². The Labute approximate surface area is 123 Å². The van der Waals surface area contributed by atoms with Gasteiger partial charge in [0.25, 0.3) is 5.91 Å². The predicted molar refractivity (Wildman–Crippen MR) is 81.9 cm³/mol. The number of hydrogen-bond acceptors (Lipinski definition) is 4. The van der Waals surface area contributed by atoms with Crippen molar-refractivity contribution in [1.29, 1.82) is 0 Å². The molecule has 110 valence electrons. The number of carbonyl (C=O) groups excluding carboxylic acids is 1. The van der Waals surface area contributed by atoms with Gasteiger partial charge in [0.1, 0.15) is 5.75 Å². The van der Waals surface area contributed by atoms with Crippen LogP contribution in [0.25, 0.3) is 0 Å². The fraction of sp³-hybridized carbons (Fsp3) is 0.188. The van der Waals surface area contributed by atoms with Gasteiger partial charge in [-0.15, -0.1) is 0 Å². The minimum atomic E-state index is -0.206. The van der Waals surface area contributed by atoms with Gasteiger partial charge in [-0.1, -0.05) is 12.1 Å². The Hall–Kier alpha value is -2.69. The number of methoxy groups -OCH3 is 1. The van der Waals surface area contributed by atoms with Gasteiger partial charge >= 0.3 is 0 Å². The number of nitrogen functional groups attached to an aromatic ring is 1. The summed E-state index contributed by atoms with van der Waals surface area (Å²) in [4.78, 5) is 12.1. The lowest BCUT2D eigenvalue weighted by atomic mass is 10.1. The van der Waals surface area contributed by atoms with Crippen LogP contribution >= 0.6 is 0 Å². The van der Waals surface area contributed by atoms with E-state index in [2.05, 4.69) is 5.32 Å². The van der Waals surface area contributed by atoms with Crippen molar-refractivity contribution < 1.29 is 14.3 Å². The van der Waals surface area contributed by atoms with E-state index < -0.39 is 0 Å². The van der Waals surface area contributed by atoms with Crippen molar-refractivity contribution in [2.45, 2.75) is 6.92 Å². The van der Waals surface area contributed by atoms with Crippen molar-refractivity contribution in [3.63, 3.8) is 0 Å². The third-order valence-electron chi connectivity index (χ3n) is 2.88. The molecule has 0 aliphatic heterocycles. The van der Waals surface area contributed by atoms with Gasteiger partial charge in [0.05, 0.1) is 12.7 Å².